The van der Waals surface area contributed by atoms with Crippen molar-refractivity contribution >= 4 is 29.1 Å². The number of anilines is 2. The van der Waals surface area contributed by atoms with Gasteiger partial charge in [-0.25, -0.2) is 4.39 Å². The second kappa shape index (κ2) is 7.20. The van der Waals surface area contributed by atoms with Crippen molar-refractivity contribution in [3.63, 3.8) is 0 Å². The molecule has 1 aliphatic carbocycles. The molecule has 0 aromatic heterocycles. The summed E-state index contributed by atoms with van der Waals surface area (Å²) in [4.78, 5) is 39.6. The summed E-state index contributed by atoms with van der Waals surface area (Å²) in [5, 5.41) is 8.69. The smallest absolute Gasteiger partial charge is 0.252 e. The molecule has 1 atom stereocenters. The van der Waals surface area contributed by atoms with Crippen molar-refractivity contribution in [2.24, 2.45) is 0 Å². The van der Waals surface area contributed by atoms with Gasteiger partial charge >= 0.3 is 0 Å². The lowest BCUT2D eigenvalue weighted by Crippen LogP contribution is -2.56. The summed E-state index contributed by atoms with van der Waals surface area (Å²) in [7, 11) is 1.66. The highest BCUT2D eigenvalue weighted by atomic mass is 19.1. The standard InChI is InChI=1S/C21H21FN4O3/c1-26-17-5-3-2-4-15(17)23-12-16(19(26)28)24-20(29)21(10-11-21)25-18(27)13-6-8-14(22)9-7-13/h2-9,16,23H,10-12H2,1H3,(H,24,29)(H,25,27)/t16-/m1/s1. The van der Waals surface area contributed by atoms with Crippen LogP contribution < -0.4 is 20.9 Å². The zero-order valence-corrected chi connectivity index (χ0v) is 15.9. The minimum atomic E-state index is -1.04. The highest BCUT2D eigenvalue weighted by molar-refractivity contribution is 6.05. The van der Waals surface area contributed by atoms with Gasteiger partial charge in [-0.15, -0.1) is 0 Å². The van der Waals surface area contributed by atoms with E-state index in [2.05, 4.69) is 16.0 Å². The lowest BCUT2D eigenvalue weighted by atomic mass is 10.1. The van der Waals surface area contributed by atoms with E-state index in [-0.39, 0.29) is 18.0 Å². The number of carbonyl (C=O) groups is 3. The molecule has 2 aromatic rings. The molecule has 29 heavy (non-hydrogen) atoms. The van der Waals surface area contributed by atoms with Crippen LogP contribution in [0.2, 0.25) is 0 Å². The molecule has 0 radical (unpaired) electrons. The van der Waals surface area contributed by atoms with Crippen LogP contribution in [-0.4, -0.2) is 42.9 Å². The summed E-state index contributed by atoms with van der Waals surface area (Å²) in [6.45, 7) is 0.244. The Labute approximate surface area is 167 Å². The number of hydrogen-bond acceptors (Lipinski definition) is 4. The third-order valence-electron chi connectivity index (χ3n) is 5.34. The lowest BCUT2D eigenvalue weighted by Gasteiger charge is -2.24. The number of hydrogen-bond donors (Lipinski definition) is 3. The second-order valence-corrected chi connectivity index (χ2v) is 7.36. The molecular weight excluding hydrogens is 375 g/mol. The van der Waals surface area contributed by atoms with Crippen LogP contribution in [0.5, 0.6) is 0 Å². The van der Waals surface area contributed by atoms with Crippen molar-refractivity contribution in [1.29, 1.82) is 0 Å². The maximum absolute atomic E-state index is 13.1. The van der Waals surface area contributed by atoms with E-state index in [4.69, 9.17) is 0 Å². The van der Waals surface area contributed by atoms with Crippen LogP contribution in [0.15, 0.2) is 48.5 Å². The summed E-state index contributed by atoms with van der Waals surface area (Å²) < 4.78 is 13.1. The van der Waals surface area contributed by atoms with E-state index in [9.17, 15) is 18.8 Å². The summed E-state index contributed by atoms with van der Waals surface area (Å²) >= 11 is 0. The second-order valence-electron chi connectivity index (χ2n) is 7.36. The Morgan fingerprint density at radius 2 is 1.83 bits per heavy atom. The summed E-state index contributed by atoms with van der Waals surface area (Å²) in [5.41, 5.74) is 0.780. The summed E-state index contributed by atoms with van der Waals surface area (Å²) in [5.74, 6) is -1.53. The Morgan fingerprint density at radius 1 is 1.14 bits per heavy atom. The predicted molar refractivity (Wildman–Crippen MR) is 106 cm³/mol. The number of rotatable bonds is 4. The normalized spacial score (nSPS) is 19.4. The van der Waals surface area contributed by atoms with Gasteiger partial charge in [-0.1, -0.05) is 12.1 Å². The number of fused-ring (bicyclic) bond motifs is 1. The number of nitrogens with zero attached hydrogens (tertiary/aromatic N) is 1. The van der Waals surface area contributed by atoms with Gasteiger partial charge in [0.25, 0.3) is 11.8 Å². The Morgan fingerprint density at radius 3 is 2.52 bits per heavy atom. The molecule has 150 valence electrons. The van der Waals surface area contributed by atoms with Crippen molar-refractivity contribution in [3.8, 4) is 0 Å². The fourth-order valence-corrected chi connectivity index (χ4v) is 3.40. The van der Waals surface area contributed by atoms with Crippen molar-refractivity contribution < 1.29 is 18.8 Å². The van der Waals surface area contributed by atoms with Gasteiger partial charge in [-0.2, -0.15) is 0 Å². The quantitative estimate of drug-likeness (QED) is 0.733. The Hall–Kier alpha value is -3.42. The first-order chi connectivity index (χ1) is 13.9. The first kappa shape index (κ1) is 18.9. The molecule has 1 aliphatic heterocycles. The molecule has 1 heterocycles. The van der Waals surface area contributed by atoms with Crippen molar-refractivity contribution in [2.75, 3.05) is 23.8 Å². The van der Waals surface area contributed by atoms with Crippen LogP contribution >= 0.6 is 0 Å². The monoisotopic (exact) mass is 396 g/mol. The summed E-state index contributed by atoms with van der Waals surface area (Å²) in [6.07, 6.45) is 0.965. The topological polar surface area (TPSA) is 90.5 Å². The van der Waals surface area contributed by atoms with Crippen molar-refractivity contribution in [3.05, 3.63) is 59.9 Å². The number of nitrogens with one attached hydrogen (secondary N) is 3. The van der Waals surface area contributed by atoms with E-state index < -0.39 is 29.2 Å². The molecule has 0 saturated heterocycles. The van der Waals surface area contributed by atoms with Gasteiger partial charge in [0.1, 0.15) is 17.4 Å². The summed E-state index contributed by atoms with van der Waals surface area (Å²) in [6, 6.07) is 11.8. The fourth-order valence-electron chi connectivity index (χ4n) is 3.40. The van der Waals surface area contributed by atoms with E-state index >= 15 is 0 Å². The molecule has 2 aliphatic rings. The van der Waals surface area contributed by atoms with Gasteiger partial charge in [0.2, 0.25) is 5.91 Å². The molecule has 1 fully saturated rings. The van der Waals surface area contributed by atoms with E-state index in [1.165, 1.54) is 29.2 Å². The number of amides is 3. The van der Waals surface area contributed by atoms with Crippen LogP contribution in [0.25, 0.3) is 0 Å². The highest BCUT2D eigenvalue weighted by Gasteiger charge is 2.52. The highest BCUT2D eigenvalue weighted by Crippen LogP contribution is 2.36. The molecule has 0 unspecified atom stereocenters. The van der Waals surface area contributed by atoms with Gasteiger partial charge in [0.15, 0.2) is 0 Å². The zero-order chi connectivity index (χ0) is 20.6. The first-order valence-corrected chi connectivity index (χ1v) is 9.39. The molecule has 4 rings (SSSR count). The largest absolute Gasteiger partial charge is 0.381 e. The minimum Gasteiger partial charge on any atom is -0.381 e. The average molecular weight is 396 g/mol. The fraction of sp³-hybridized carbons (Fsp3) is 0.286. The molecule has 7 nitrogen and oxygen atoms in total. The predicted octanol–water partition coefficient (Wildman–Crippen LogP) is 1.66. The number of halogens is 1. The van der Waals surface area contributed by atoms with Crippen LogP contribution in [0, 0.1) is 5.82 Å². The number of carbonyl (C=O) groups excluding carboxylic acids is 3. The van der Waals surface area contributed by atoms with Crippen LogP contribution in [0.1, 0.15) is 23.2 Å². The lowest BCUT2D eigenvalue weighted by molar-refractivity contribution is -0.128. The third-order valence-corrected chi connectivity index (χ3v) is 5.34. The van der Waals surface area contributed by atoms with Gasteiger partial charge < -0.3 is 20.9 Å². The number of para-hydroxylation sites is 2. The number of likely N-dealkylation sites (N-methyl/N-ethyl adjacent to an activating group) is 1. The van der Waals surface area contributed by atoms with E-state index in [0.29, 0.717) is 12.8 Å². The molecule has 1 saturated carbocycles. The van der Waals surface area contributed by atoms with Crippen LogP contribution in [0.3, 0.4) is 0 Å². The SMILES string of the molecule is CN1C(=O)[C@H](NC(=O)C2(NC(=O)c3ccc(F)cc3)CC2)CNc2ccccc21. The van der Waals surface area contributed by atoms with Crippen LogP contribution in [0.4, 0.5) is 15.8 Å². The van der Waals surface area contributed by atoms with E-state index in [1.54, 1.807) is 7.05 Å². The first-order valence-electron chi connectivity index (χ1n) is 9.39. The molecule has 0 bridgehead atoms. The maximum atomic E-state index is 13.1. The van der Waals surface area contributed by atoms with Crippen LogP contribution in [-0.2, 0) is 9.59 Å². The molecule has 3 N–H and O–H groups in total. The Kier molecular flexibility index (Phi) is 4.70. The van der Waals surface area contributed by atoms with Crippen molar-refractivity contribution in [1.82, 2.24) is 10.6 Å². The van der Waals surface area contributed by atoms with Gasteiger partial charge in [-0.3, -0.25) is 14.4 Å². The Bertz CT molecular complexity index is 972. The third kappa shape index (κ3) is 3.65. The molecular formula is C21H21FN4O3. The molecule has 8 heteroatoms. The van der Waals surface area contributed by atoms with Crippen molar-refractivity contribution in [2.45, 2.75) is 24.4 Å². The maximum Gasteiger partial charge on any atom is 0.252 e. The Balaban J connectivity index is 1.44. The van der Waals surface area contributed by atoms with Gasteiger partial charge in [0, 0.05) is 19.2 Å². The average Bonchev–Trinajstić information content (AvgIpc) is 3.52. The van der Waals surface area contributed by atoms with E-state index in [0.717, 1.165) is 11.4 Å². The zero-order valence-electron chi connectivity index (χ0n) is 15.9. The number of benzene rings is 2. The molecule has 0 spiro atoms. The van der Waals surface area contributed by atoms with Gasteiger partial charge in [-0.05, 0) is 49.2 Å². The van der Waals surface area contributed by atoms with Gasteiger partial charge in [0.05, 0.1) is 11.4 Å². The minimum absolute atomic E-state index is 0.239. The molecule has 3 amide bonds. The van der Waals surface area contributed by atoms with E-state index in [1.807, 2.05) is 24.3 Å². The molecule has 2 aromatic carbocycles.